The summed E-state index contributed by atoms with van der Waals surface area (Å²) in [6, 6.07) is 6.89. The SMILES string of the molecule is C=CCN1C(=O)C(=Cc2cccc(OC(C)C(=O)O)c2)SC1=S. The van der Waals surface area contributed by atoms with Crippen molar-refractivity contribution in [1.82, 2.24) is 4.90 Å². The Kier molecular flexibility index (Phi) is 5.57. The van der Waals surface area contributed by atoms with Crippen LogP contribution >= 0.6 is 24.0 Å². The molecule has 0 aromatic heterocycles. The molecule has 1 N–H and O–H groups in total. The summed E-state index contributed by atoms with van der Waals surface area (Å²) in [7, 11) is 0. The molecule has 23 heavy (non-hydrogen) atoms. The van der Waals surface area contributed by atoms with Gasteiger partial charge in [0, 0.05) is 6.54 Å². The monoisotopic (exact) mass is 349 g/mol. The third kappa shape index (κ3) is 4.20. The van der Waals surface area contributed by atoms with Crippen LogP contribution in [0.25, 0.3) is 6.08 Å². The van der Waals surface area contributed by atoms with E-state index in [2.05, 4.69) is 6.58 Å². The number of thiocarbonyl (C=S) groups is 1. The van der Waals surface area contributed by atoms with Crippen LogP contribution in [0.15, 0.2) is 41.8 Å². The van der Waals surface area contributed by atoms with Crippen LogP contribution in [0.1, 0.15) is 12.5 Å². The second kappa shape index (κ2) is 7.43. The van der Waals surface area contributed by atoms with E-state index in [-0.39, 0.29) is 5.91 Å². The molecule has 0 radical (unpaired) electrons. The maximum absolute atomic E-state index is 12.3. The smallest absolute Gasteiger partial charge is 0.344 e. The minimum Gasteiger partial charge on any atom is -0.479 e. The predicted molar refractivity (Wildman–Crippen MR) is 94.2 cm³/mol. The maximum atomic E-state index is 12.3. The van der Waals surface area contributed by atoms with Gasteiger partial charge in [-0.25, -0.2) is 4.79 Å². The average molecular weight is 349 g/mol. The van der Waals surface area contributed by atoms with Crippen molar-refractivity contribution >= 4 is 46.3 Å². The molecule has 1 aromatic rings. The van der Waals surface area contributed by atoms with Crippen molar-refractivity contribution in [1.29, 1.82) is 0 Å². The molecule has 1 fully saturated rings. The minimum atomic E-state index is -1.04. The van der Waals surface area contributed by atoms with Gasteiger partial charge in [0.2, 0.25) is 0 Å². The Balaban J connectivity index is 2.20. The fourth-order valence-electron chi connectivity index (χ4n) is 1.87. The molecule has 120 valence electrons. The number of carboxylic acids is 1. The molecule has 1 aromatic carbocycles. The molecule has 0 saturated carbocycles. The van der Waals surface area contributed by atoms with Crippen LogP contribution in [0.3, 0.4) is 0 Å². The molecular weight excluding hydrogens is 334 g/mol. The number of benzene rings is 1. The van der Waals surface area contributed by atoms with Crippen molar-refractivity contribution in [2.45, 2.75) is 13.0 Å². The maximum Gasteiger partial charge on any atom is 0.344 e. The van der Waals surface area contributed by atoms with E-state index in [9.17, 15) is 9.59 Å². The van der Waals surface area contributed by atoms with Crippen molar-refractivity contribution in [3.63, 3.8) is 0 Å². The number of aliphatic carboxylic acids is 1. The molecular formula is C16H15NO4S2. The number of amides is 1. The second-order valence-corrected chi connectivity index (χ2v) is 6.43. The number of hydrogen-bond acceptors (Lipinski definition) is 5. The Morgan fingerprint density at radius 3 is 2.96 bits per heavy atom. The highest BCUT2D eigenvalue weighted by Crippen LogP contribution is 2.32. The van der Waals surface area contributed by atoms with E-state index in [1.165, 1.54) is 23.6 Å². The summed E-state index contributed by atoms with van der Waals surface area (Å²) in [5.41, 5.74) is 0.735. The van der Waals surface area contributed by atoms with E-state index in [1.54, 1.807) is 36.4 Å². The van der Waals surface area contributed by atoms with Gasteiger partial charge in [0.05, 0.1) is 4.91 Å². The predicted octanol–water partition coefficient (Wildman–Crippen LogP) is 2.93. The quantitative estimate of drug-likeness (QED) is 0.484. The molecule has 1 aliphatic heterocycles. The molecule has 1 saturated heterocycles. The van der Waals surface area contributed by atoms with Crippen LogP contribution in [0, 0.1) is 0 Å². The lowest BCUT2D eigenvalue weighted by Crippen LogP contribution is -2.27. The molecule has 0 bridgehead atoms. The second-order valence-electron chi connectivity index (χ2n) is 4.75. The summed E-state index contributed by atoms with van der Waals surface area (Å²) in [6.07, 6.45) is 2.38. The summed E-state index contributed by atoms with van der Waals surface area (Å²) < 4.78 is 5.81. The number of carbonyl (C=O) groups excluding carboxylic acids is 1. The van der Waals surface area contributed by atoms with Gasteiger partial charge >= 0.3 is 5.97 Å². The summed E-state index contributed by atoms with van der Waals surface area (Å²) in [6.45, 7) is 5.44. The van der Waals surface area contributed by atoms with Gasteiger partial charge in [-0.15, -0.1) is 6.58 Å². The standard InChI is InChI=1S/C16H15NO4S2/c1-3-7-17-14(18)13(23-16(17)22)9-11-5-4-6-12(8-11)21-10(2)15(19)20/h3-6,8-10H,1,7H2,2H3,(H,19,20). The number of carbonyl (C=O) groups is 2. The van der Waals surface area contributed by atoms with Crippen LogP contribution in [-0.2, 0) is 9.59 Å². The van der Waals surface area contributed by atoms with Gasteiger partial charge in [0.15, 0.2) is 6.10 Å². The lowest BCUT2D eigenvalue weighted by Gasteiger charge is -2.11. The third-order valence-electron chi connectivity index (χ3n) is 3.00. The Labute approximate surface area is 143 Å². The topological polar surface area (TPSA) is 66.8 Å². The molecule has 5 nitrogen and oxygen atoms in total. The average Bonchev–Trinajstić information content (AvgIpc) is 2.75. The summed E-state index contributed by atoms with van der Waals surface area (Å²) in [5.74, 6) is -0.777. The van der Waals surface area contributed by atoms with Gasteiger partial charge in [-0.3, -0.25) is 9.69 Å². The third-order valence-corrected chi connectivity index (χ3v) is 4.38. The summed E-state index contributed by atoms with van der Waals surface area (Å²) >= 11 is 6.40. The first-order valence-electron chi connectivity index (χ1n) is 6.78. The van der Waals surface area contributed by atoms with Gasteiger partial charge in [-0.2, -0.15) is 0 Å². The highest BCUT2D eigenvalue weighted by atomic mass is 32.2. The molecule has 1 heterocycles. The van der Waals surface area contributed by atoms with Crippen LogP contribution in [0.4, 0.5) is 0 Å². The lowest BCUT2D eigenvalue weighted by molar-refractivity contribution is -0.144. The highest BCUT2D eigenvalue weighted by molar-refractivity contribution is 8.26. The van der Waals surface area contributed by atoms with Gasteiger partial charge in [-0.1, -0.05) is 42.2 Å². The Bertz CT molecular complexity index is 699. The number of rotatable bonds is 6. The molecule has 0 aliphatic carbocycles. The lowest BCUT2D eigenvalue weighted by atomic mass is 10.2. The number of carboxylic acid groups (broad SMARTS) is 1. The van der Waals surface area contributed by atoms with E-state index in [4.69, 9.17) is 22.1 Å². The van der Waals surface area contributed by atoms with Crippen LogP contribution in [0.2, 0.25) is 0 Å². The molecule has 7 heteroatoms. The van der Waals surface area contributed by atoms with E-state index in [1.807, 2.05) is 0 Å². The van der Waals surface area contributed by atoms with Crippen molar-refractivity contribution in [3.8, 4) is 5.75 Å². The fraction of sp³-hybridized carbons (Fsp3) is 0.188. The number of hydrogen-bond donors (Lipinski definition) is 1. The highest BCUT2D eigenvalue weighted by Gasteiger charge is 2.30. The first kappa shape index (κ1) is 17.2. The van der Waals surface area contributed by atoms with Crippen molar-refractivity contribution < 1.29 is 19.4 Å². The van der Waals surface area contributed by atoms with Gasteiger partial charge in [0.25, 0.3) is 5.91 Å². The molecule has 1 unspecified atom stereocenters. The number of ether oxygens (including phenoxy) is 1. The van der Waals surface area contributed by atoms with E-state index < -0.39 is 12.1 Å². The normalized spacial score (nSPS) is 17.4. The zero-order valence-corrected chi connectivity index (χ0v) is 14.0. The minimum absolute atomic E-state index is 0.162. The van der Waals surface area contributed by atoms with Crippen LogP contribution in [0.5, 0.6) is 5.75 Å². The van der Waals surface area contributed by atoms with E-state index in [0.717, 1.165) is 5.56 Å². The Hall–Kier alpha value is -2.12. The zero-order valence-electron chi connectivity index (χ0n) is 12.4. The first-order chi connectivity index (χ1) is 10.9. The van der Waals surface area contributed by atoms with Crippen molar-refractivity contribution in [2.24, 2.45) is 0 Å². The van der Waals surface area contributed by atoms with E-state index >= 15 is 0 Å². The first-order valence-corrected chi connectivity index (χ1v) is 8.00. The molecule has 0 spiro atoms. The number of nitrogens with zero attached hydrogens (tertiary/aromatic N) is 1. The summed E-state index contributed by atoms with van der Waals surface area (Å²) in [5, 5.41) is 8.87. The van der Waals surface area contributed by atoms with Gasteiger partial charge < -0.3 is 9.84 Å². The Morgan fingerprint density at radius 2 is 2.30 bits per heavy atom. The van der Waals surface area contributed by atoms with Gasteiger partial charge in [-0.05, 0) is 30.7 Å². The largest absolute Gasteiger partial charge is 0.479 e. The summed E-state index contributed by atoms with van der Waals surface area (Å²) in [4.78, 5) is 25.1. The van der Waals surface area contributed by atoms with E-state index in [0.29, 0.717) is 21.5 Å². The van der Waals surface area contributed by atoms with Crippen LogP contribution in [-0.4, -0.2) is 38.9 Å². The van der Waals surface area contributed by atoms with Gasteiger partial charge in [0.1, 0.15) is 10.1 Å². The molecule has 2 rings (SSSR count). The zero-order chi connectivity index (χ0) is 17.0. The fourth-order valence-corrected chi connectivity index (χ4v) is 3.15. The Morgan fingerprint density at radius 1 is 1.57 bits per heavy atom. The molecule has 1 aliphatic rings. The molecule has 1 atom stereocenters. The van der Waals surface area contributed by atoms with Crippen molar-refractivity contribution in [2.75, 3.05) is 6.54 Å². The number of thioether (sulfide) groups is 1. The van der Waals surface area contributed by atoms with Crippen LogP contribution < -0.4 is 4.74 Å². The molecule has 1 amide bonds. The van der Waals surface area contributed by atoms with Crippen molar-refractivity contribution in [3.05, 3.63) is 47.4 Å².